The molecule has 0 bridgehead atoms. The average Bonchev–Trinajstić information content (AvgIpc) is 3.00. The van der Waals surface area contributed by atoms with Crippen LogP contribution in [0, 0.1) is 11.8 Å². The minimum atomic E-state index is -0.189. The van der Waals surface area contributed by atoms with Gasteiger partial charge in [0, 0.05) is 19.0 Å². The van der Waals surface area contributed by atoms with Gasteiger partial charge in [0.1, 0.15) is 0 Å². The first kappa shape index (κ1) is 12.4. The standard InChI is InChI=1S/C13H21NO3/c1-3-9(13(16)17-2)4-5-12(15)14-7-6-10-8-11(10)14/h9-11H,3-8H2,1-2H3. The summed E-state index contributed by atoms with van der Waals surface area (Å²) in [6.07, 6.45) is 4.21. The quantitative estimate of drug-likeness (QED) is 0.684. The molecule has 1 aliphatic carbocycles. The highest BCUT2D eigenvalue weighted by Crippen LogP contribution is 2.44. The van der Waals surface area contributed by atoms with Crippen LogP contribution in [0.15, 0.2) is 0 Å². The first-order chi connectivity index (χ1) is 8.17. The SMILES string of the molecule is CCC(CCC(=O)N1CCC2CC21)C(=O)OC. The van der Waals surface area contributed by atoms with Crippen LogP contribution in [0.4, 0.5) is 0 Å². The molecule has 0 spiro atoms. The van der Waals surface area contributed by atoms with E-state index < -0.39 is 0 Å². The summed E-state index contributed by atoms with van der Waals surface area (Å²) in [5.41, 5.74) is 0. The molecule has 0 N–H and O–H groups in total. The zero-order valence-electron chi connectivity index (χ0n) is 10.6. The molecule has 3 unspecified atom stereocenters. The van der Waals surface area contributed by atoms with Gasteiger partial charge in [0.05, 0.1) is 13.0 Å². The Labute approximate surface area is 102 Å². The van der Waals surface area contributed by atoms with Gasteiger partial charge in [0.2, 0.25) is 5.91 Å². The predicted octanol–water partition coefficient (Wildman–Crippen LogP) is 1.59. The number of nitrogens with zero attached hydrogens (tertiary/aromatic N) is 1. The van der Waals surface area contributed by atoms with E-state index in [9.17, 15) is 9.59 Å². The number of methoxy groups -OCH3 is 1. The van der Waals surface area contributed by atoms with E-state index in [1.54, 1.807) is 0 Å². The van der Waals surface area contributed by atoms with Crippen molar-refractivity contribution in [1.82, 2.24) is 4.90 Å². The summed E-state index contributed by atoms with van der Waals surface area (Å²) in [6, 6.07) is 0.528. The lowest BCUT2D eigenvalue weighted by Gasteiger charge is -2.19. The van der Waals surface area contributed by atoms with E-state index in [0.29, 0.717) is 18.9 Å². The topological polar surface area (TPSA) is 46.6 Å². The summed E-state index contributed by atoms with van der Waals surface area (Å²) < 4.78 is 4.73. The third-order valence-electron chi connectivity index (χ3n) is 4.08. The van der Waals surface area contributed by atoms with Crippen molar-refractivity contribution < 1.29 is 14.3 Å². The minimum absolute atomic E-state index is 0.124. The van der Waals surface area contributed by atoms with Crippen LogP contribution >= 0.6 is 0 Å². The Hall–Kier alpha value is -1.06. The number of fused-ring (bicyclic) bond motifs is 1. The molecule has 2 fully saturated rings. The van der Waals surface area contributed by atoms with Crippen LogP contribution in [0.5, 0.6) is 0 Å². The summed E-state index contributed by atoms with van der Waals surface area (Å²) in [6.45, 7) is 2.88. The summed E-state index contributed by atoms with van der Waals surface area (Å²) in [4.78, 5) is 25.4. The fourth-order valence-corrected chi connectivity index (χ4v) is 2.80. The van der Waals surface area contributed by atoms with Crippen molar-refractivity contribution in [2.75, 3.05) is 13.7 Å². The van der Waals surface area contributed by atoms with Gasteiger partial charge >= 0.3 is 5.97 Å². The molecule has 2 aliphatic rings. The summed E-state index contributed by atoms with van der Waals surface area (Å²) >= 11 is 0. The number of hydrogen-bond donors (Lipinski definition) is 0. The lowest BCUT2D eigenvalue weighted by molar-refractivity contribution is -0.146. The molecule has 2 rings (SSSR count). The number of carbonyl (C=O) groups excluding carboxylic acids is 2. The third kappa shape index (κ3) is 2.61. The Balaban J connectivity index is 1.76. The number of rotatable bonds is 5. The van der Waals surface area contributed by atoms with E-state index in [1.807, 2.05) is 11.8 Å². The molecule has 1 aliphatic heterocycles. The molecular formula is C13H21NO3. The molecule has 1 saturated heterocycles. The van der Waals surface area contributed by atoms with Crippen molar-refractivity contribution in [3.63, 3.8) is 0 Å². The molecule has 3 atom stereocenters. The van der Waals surface area contributed by atoms with Gasteiger partial charge in [-0.3, -0.25) is 9.59 Å². The Kier molecular flexibility index (Phi) is 3.69. The number of piperidine rings is 1. The monoisotopic (exact) mass is 239 g/mol. The summed E-state index contributed by atoms with van der Waals surface area (Å²) in [5, 5.41) is 0. The van der Waals surface area contributed by atoms with E-state index in [0.717, 1.165) is 18.9 Å². The maximum atomic E-state index is 12.0. The largest absolute Gasteiger partial charge is 0.469 e. The highest BCUT2D eigenvalue weighted by Gasteiger charge is 2.48. The number of ether oxygens (including phenoxy) is 1. The fraction of sp³-hybridized carbons (Fsp3) is 0.846. The number of likely N-dealkylation sites (tertiary alicyclic amines) is 1. The molecule has 0 aromatic rings. The van der Waals surface area contributed by atoms with E-state index in [-0.39, 0.29) is 17.8 Å². The molecule has 1 heterocycles. The van der Waals surface area contributed by atoms with E-state index in [4.69, 9.17) is 4.74 Å². The smallest absolute Gasteiger partial charge is 0.308 e. The second kappa shape index (κ2) is 5.07. The summed E-state index contributed by atoms with van der Waals surface area (Å²) in [7, 11) is 1.40. The number of carbonyl (C=O) groups is 2. The summed E-state index contributed by atoms with van der Waals surface area (Å²) in [5.74, 6) is 0.687. The van der Waals surface area contributed by atoms with Gasteiger partial charge in [-0.05, 0) is 31.6 Å². The highest BCUT2D eigenvalue weighted by atomic mass is 16.5. The van der Waals surface area contributed by atoms with Gasteiger partial charge < -0.3 is 9.64 Å². The molecule has 0 radical (unpaired) electrons. The minimum Gasteiger partial charge on any atom is -0.469 e. The number of amides is 1. The van der Waals surface area contributed by atoms with Crippen LogP contribution in [0.25, 0.3) is 0 Å². The first-order valence-electron chi connectivity index (χ1n) is 6.54. The lowest BCUT2D eigenvalue weighted by Crippen LogP contribution is -2.31. The van der Waals surface area contributed by atoms with Gasteiger partial charge in [0.25, 0.3) is 0 Å². The normalized spacial score (nSPS) is 27.5. The third-order valence-corrected chi connectivity index (χ3v) is 4.08. The molecule has 1 amide bonds. The van der Waals surface area contributed by atoms with Crippen molar-refractivity contribution in [3.8, 4) is 0 Å². The van der Waals surface area contributed by atoms with E-state index >= 15 is 0 Å². The van der Waals surface area contributed by atoms with Crippen molar-refractivity contribution in [2.24, 2.45) is 11.8 Å². The van der Waals surface area contributed by atoms with E-state index in [1.165, 1.54) is 20.0 Å². The average molecular weight is 239 g/mol. The molecular weight excluding hydrogens is 218 g/mol. The Morgan fingerprint density at radius 3 is 2.71 bits per heavy atom. The second-order valence-corrected chi connectivity index (χ2v) is 5.11. The van der Waals surface area contributed by atoms with Crippen molar-refractivity contribution in [2.45, 2.75) is 45.1 Å². The fourth-order valence-electron chi connectivity index (χ4n) is 2.80. The highest BCUT2D eigenvalue weighted by molar-refractivity contribution is 5.79. The van der Waals surface area contributed by atoms with Gasteiger partial charge in [-0.1, -0.05) is 6.92 Å². The molecule has 4 heteroatoms. The van der Waals surface area contributed by atoms with Gasteiger partial charge in [0.15, 0.2) is 0 Å². The van der Waals surface area contributed by atoms with Crippen molar-refractivity contribution in [1.29, 1.82) is 0 Å². The molecule has 0 aromatic heterocycles. The predicted molar refractivity (Wildman–Crippen MR) is 63.3 cm³/mol. The molecule has 96 valence electrons. The zero-order chi connectivity index (χ0) is 12.4. The Morgan fingerprint density at radius 2 is 2.24 bits per heavy atom. The molecule has 17 heavy (non-hydrogen) atoms. The maximum absolute atomic E-state index is 12.0. The van der Waals surface area contributed by atoms with Crippen molar-refractivity contribution in [3.05, 3.63) is 0 Å². The molecule has 1 saturated carbocycles. The van der Waals surface area contributed by atoms with E-state index in [2.05, 4.69) is 0 Å². The van der Waals surface area contributed by atoms with Crippen LogP contribution in [-0.4, -0.2) is 36.5 Å². The molecule has 4 nitrogen and oxygen atoms in total. The number of hydrogen-bond acceptors (Lipinski definition) is 3. The molecule has 0 aromatic carbocycles. The van der Waals surface area contributed by atoms with Crippen LogP contribution in [0.2, 0.25) is 0 Å². The zero-order valence-corrected chi connectivity index (χ0v) is 10.6. The first-order valence-corrected chi connectivity index (χ1v) is 6.54. The van der Waals surface area contributed by atoms with Gasteiger partial charge in [-0.25, -0.2) is 0 Å². The van der Waals surface area contributed by atoms with Crippen molar-refractivity contribution >= 4 is 11.9 Å². The van der Waals surface area contributed by atoms with Gasteiger partial charge in [-0.2, -0.15) is 0 Å². The second-order valence-electron chi connectivity index (χ2n) is 5.11. The van der Waals surface area contributed by atoms with Gasteiger partial charge in [-0.15, -0.1) is 0 Å². The maximum Gasteiger partial charge on any atom is 0.308 e. The Bertz CT molecular complexity index is 316. The van der Waals surface area contributed by atoms with Crippen LogP contribution in [0.3, 0.4) is 0 Å². The number of esters is 1. The van der Waals surface area contributed by atoms with Crippen LogP contribution in [0.1, 0.15) is 39.0 Å². The lowest BCUT2D eigenvalue weighted by atomic mass is 10.00. The van der Waals surface area contributed by atoms with Crippen LogP contribution in [-0.2, 0) is 14.3 Å². The van der Waals surface area contributed by atoms with Crippen LogP contribution < -0.4 is 0 Å². The Morgan fingerprint density at radius 1 is 1.47 bits per heavy atom.